The number of carbonyl (C=O) groups excluding carboxylic acids is 1. The second-order valence-electron chi connectivity index (χ2n) is 6.67. The molecule has 0 spiro atoms. The lowest BCUT2D eigenvalue weighted by Crippen LogP contribution is -2.41. The van der Waals surface area contributed by atoms with E-state index < -0.39 is 0 Å². The van der Waals surface area contributed by atoms with Gasteiger partial charge in [-0.2, -0.15) is 5.10 Å². The van der Waals surface area contributed by atoms with E-state index in [1.165, 1.54) is 0 Å². The van der Waals surface area contributed by atoms with E-state index in [1.54, 1.807) is 11.3 Å². The molecule has 142 valence electrons. The first-order valence-corrected chi connectivity index (χ1v) is 10.1. The van der Waals surface area contributed by atoms with Crippen LogP contribution in [-0.4, -0.2) is 33.9 Å². The van der Waals surface area contributed by atoms with Crippen LogP contribution in [0.4, 0.5) is 4.79 Å². The number of hydrogen-bond donors (Lipinski definition) is 2. The van der Waals surface area contributed by atoms with E-state index in [-0.39, 0.29) is 24.1 Å². The number of ether oxygens (including phenoxy) is 1. The first kappa shape index (κ1) is 18.8. The normalized spacial score (nSPS) is 21.3. The fraction of sp³-hybridized carbons (Fsp3) is 0.611. The van der Waals surface area contributed by atoms with Crippen molar-refractivity contribution in [3.63, 3.8) is 0 Å². The number of hydrogen-bond acceptors (Lipinski definition) is 5. The quantitative estimate of drug-likeness (QED) is 0.810. The Morgan fingerprint density at radius 2 is 2.38 bits per heavy atom. The average Bonchev–Trinajstić information content (AvgIpc) is 3.28. The number of thiazole rings is 1. The first-order chi connectivity index (χ1) is 12.6. The molecule has 1 saturated heterocycles. The number of carbonyl (C=O) groups is 1. The second kappa shape index (κ2) is 8.64. The fourth-order valence-corrected chi connectivity index (χ4v) is 4.14. The van der Waals surface area contributed by atoms with E-state index in [1.807, 2.05) is 36.2 Å². The van der Waals surface area contributed by atoms with Gasteiger partial charge in [0.05, 0.1) is 11.7 Å². The van der Waals surface area contributed by atoms with Gasteiger partial charge in [0.2, 0.25) is 0 Å². The number of nitrogens with one attached hydrogen (secondary N) is 2. The highest BCUT2D eigenvalue weighted by atomic mass is 32.1. The molecule has 2 amide bonds. The molecule has 2 aromatic heterocycles. The molecule has 0 aliphatic carbocycles. The van der Waals surface area contributed by atoms with Crippen molar-refractivity contribution in [3.8, 4) is 0 Å². The molecule has 2 aromatic rings. The lowest BCUT2D eigenvalue weighted by Gasteiger charge is -2.32. The summed E-state index contributed by atoms with van der Waals surface area (Å²) >= 11 is 1.57. The fourth-order valence-electron chi connectivity index (χ4n) is 3.33. The van der Waals surface area contributed by atoms with Crippen LogP contribution in [0, 0.1) is 12.8 Å². The molecule has 2 N–H and O–H groups in total. The van der Waals surface area contributed by atoms with Gasteiger partial charge in [0.15, 0.2) is 0 Å². The molecule has 0 saturated carbocycles. The lowest BCUT2D eigenvalue weighted by molar-refractivity contribution is -0.0318. The third kappa shape index (κ3) is 4.42. The summed E-state index contributed by atoms with van der Waals surface area (Å²) in [4.78, 5) is 16.7. The van der Waals surface area contributed by atoms with Crippen molar-refractivity contribution < 1.29 is 9.53 Å². The van der Waals surface area contributed by atoms with E-state index in [9.17, 15) is 4.79 Å². The van der Waals surface area contributed by atoms with Gasteiger partial charge in [-0.15, -0.1) is 11.3 Å². The summed E-state index contributed by atoms with van der Waals surface area (Å²) in [7, 11) is 0. The molecule has 26 heavy (non-hydrogen) atoms. The van der Waals surface area contributed by atoms with E-state index in [4.69, 9.17) is 4.74 Å². The maximum Gasteiger partial charge on any atom is 0.315 e. The number of nitrogens with zero attached hydrogens (tertiary/aromatic N) is 3. The summed E-state index contributed by atoms with van der Waals surface area (Å²) in [5, 5.41) is 13.2. The summed E-state index contributed by atoms with van der Waals surface area (Å²) in [5.74, 6) is 0.244. The highest BCUT2D eigenvalue weighted by Crippen LogP contribution is 2.33. The molecule has 1 aliphatic heterocycles. The predicted molar refractivity (Wildman–Crippen MR) is 101 cm³/mol. The molecule has 7 nitrogen and oxygen atoms in total. The zero-order chi connectivity index (χ0) is 18.5. The molecular weight excluding hydrogens is 350 g/mol. The summed E-state index contributed by atoms with van der Waals surface area (Å²) in [6, 6.07) is 1.74. The molecule has 0 aromatic carbocycles. The van der Waals surface area contributed by atoms with Crippen LogP contribution in [0.2, 0.25) is 0 Å². The van der Waals surface area contributed by atoms with Crippen LogP contribution in [0.3, 0.4) is 0 Å². The molecule has 0 radical (unpaired) electrons. The molecular formula is C18H27N5O2S. The Bertz CT molecular complexity index is 729. The van der Waals surface area contributed by atoms with Gasteiger partial charge >= 0.3 is 6.03 Å². The molecule has 8 heteroatoms. The zero-order valence-electron chi connectivity index (χ0n) is 15.6. The SMILES string of the molecule is CCn1nccc1[C@@H]1OCCC[C@H]1CNC(=O)NC(C)c1nc(C)cs1. The van der Waals surface area contributed by atoms with Crippen molar-refractivity contribution in [2.75, 3.05) is 13.2 Å². The van der Waals surface area contributed by atoms with Crippen LogP contribution in [0.15, 0.2) is 17.6 Å². The maximum absolute atomic E-state index is 12.3. The van der Waals surface area contributed by atoms with Crippen molar-refractivity contribution in [1.29, 1.82) is 0 Å². The van der Waals surface area contributed by atoms with Gasteiger partial charge in [-0.25, -0.2) is 9.78 Å². The predicted octanol–water partition coefficient (Wildman–Crippen LogP) is 3.20. The zero-order valence-corrected chi connectivity index (χ0v) is 16.4. The molecule has 1 fully saturated rings. The standard InChI is InChI=1S/C18H27N5O2S/c1-4-23-15(7-8-20-23)16-14(6-5-9-25-16)10-19-18(24)22-13(3)17-21-12(2)11-26-17/h7-8,11,13-14,16H,4-6,9-10H2,1-3H3,(H2,19,22,24)/t13?,14-,16+/m0/s1. The maximum atomic E-state index is 12.3. The van der Waals surface area contributed by atoms with Crippen molar-refractivity contribution in [2.45, 2.75) is 52.3 Å². The summed E-state index contributed by atoms with van der Waals surface area (Å²) in [6.07, 6.45) is 3.83. The highest BCUT2D eigenvalue weighted by molar-refractivity contribution is 7.09. The van der Waals surface area contributed by atoms with Gasteiger partial charge in [-0.05, 0) is 39.7 Å². The monoisotopic (exact) mass is 377 g/mol. The number of aryl methyl sites for hydroxylation is 2. The molecule has 0 bridgehead atoms. The first-order valence-electron chi connectivity index (χ1n) is 9.18. The van der Waals surface area contributed by atoms with Crippen molar-refractivity contribution in [3.05, 3.63) is 34.0 Å². The summed E-state index contributed by atoms with van der Waals surface area (Å²) < 4.78 is 7.99. The summed E-state index contributed by atoms with van der Waals surface area (Å²) in [5.41, 5.74) is 2.07. The number of rotatable bonds is 6. The number of amides is 2. The minimum atomic E-state index is -0.168. The van der Waals surface area contributed by atoms with Crippen LogP contribution in [0.25, 0.3) is 0 Å². The van der Waals surface area contributed by atoms with Crippen molar-refractivity contribution >= 4 is 17.4 Å². The topological polar surface area (TPSA) is 81.1 Å². The number of urea groups is 1. The Morgan fingerprint density at radius 3 is 3.12 bits per heavy atom. The van der Waals surface area contributed by atoms with E-state index >= 15 is 0 Å². The Labute approximate surface area is 158 Å². The van der Waals surface area contributed by atoms with Gasteiger partial charge < -0.3 is 15.4 Å². The van der Waals surface area contributed by atoms with Crippen LogP contribution < -0.4 is 10.6 Å². The molecule has 1 aliphatic rings. The smallest absolute Gasteiger partial charge is 0.315 e. The van der Waals surface area contributed by atoms with Gasteiger partial charge in [0.25, 0.3) is 0 Å². The third-order valence-electron chi connectivity index (χ3n) is 4.66. The second-order valence-corrected chi connectivity index (χ2v) is 7.56. The summed E-state index contributed by atoms with van der Waals surface area (Å²) in [6.45, 7) is 8.12. The number of aromatic nitrogens is 3. The minimum absolute atomic E-state index is 0.0227. The Morgan fingerprint density at radius 1 is 1.54 bits per heavy atom. The molecule has 3 rings (SSSR count). The third-order valence-corrected chi connectivity index (χ3v) is 5.81. The minimum Gasteiger partial charge on any atom is -0.372 e. The van der Waals surface area contributed by atoms with Crippen molar-refractivity contribution in [2.24, 2.45) is 5.92 Å². The Balaban J connectivity index is 1.55. The van der Waals surface area contributed by atoms with Crippen LogP contribution >= 0.6 is 11.3 Å². The van der Waals surface area contributed by atoms with E-state index in [0.29, 0.717) is 6.54 Å². The molecule has 3 atom stereocenters. The van der Waals surface area contributed by atoms with Crippen molar-refractivity contribution in [1.82, 2.24) is 25.4 Å². The van der Waals surface area contributed by atoms with E-state index in [2.05, 4.69) is 27.6 Å². The molecule has 1 unspecified atom stereocenters. The van der Waals surface area contributed by atoms with Gasteiger partial charge in [-0.1, -0.05) is 0 Å². The van der Waals surface area contributed by atoms with Crippen LogP contribution in [0.1, 0.15) is 55.2 Å². The lowest BCUT2D eigenvalue weighted by atomic mass is 9.92. The highest BCUT2D eigenvalue weighted by Gasteiger charge is 2.30. The largest absolute Gasteiger partial charge is 0.372 e. The average molecular weight is 378 g/mol. The molecule has 3 heterocycles. The Kier molecular flexibility index (Phi) is 6.26. The van der Waals surface area contributed by atoms with Crippen LogP contribution in [0.5, 0.6) is 0 Å². The van der Waals surface area contributed by atoms with Crippen LogP contribution in [-0.2, 0) is 11.3 Å². The van der Waals surface area contributed by atoms with Gasteiger partial charge in [-0.3, -0.25) is 4.68 Å². The van der Waals surface area contributed by atoms with E-state index in [0.717, 1.165) is 42.4 Å². The van der Waals surface area contributed by atoms with Gasteiger partial charge in [0, 0.05) is 42.9 Å². The Hall–Kier alpha value is -1.93. The van der Waals surface area contributed by atoms with Gasteiger partial charge in [0.1, 0.15) is 11.1 Å².